The largest absolute Gasteiger partial charge is 0.337 e. The molecular formula is C17H12ClN5O2. The molecule has 0 radical (unpaired) electrons. The van der Waals surface area contributed by atoms with Crippen LogP contribution in [0.5, 0.6) is 0 Å². The fourth-order valence-corrected chi connectivity index (χ4v) is 3.02. The first-order valence-corrected chi connectivity index (χ1v) is 7.85. The molecule has 7 nitrogen and oxygen atoms in total. The number of nitro benzene ring substituents is 1. The minimum atomic E-state index is -0.429. The maximum atomic E-state index is 11.0. The Morgan fingerprint density at radius 2 is 2.08 bits per heavy atom. The van der Waals surface area contributed by atoms with Crippen molar-refractivity contribution in [3.8, 4) is 0 Å². The van der Waals surface area contributed by atoms with Gasteiger partial charge in [-0.2, -0.15) is 0 Å². The highest BCUT2D eigenvalue weighted by atomic mass is 35.5. The normalized spacial score (nSPS) is 11.1. The molecule has 4 aromatic rings. The highest BCUT2D eigenvalue weighted by Gasteiger charge is 2.14. The van der Waals surface area contributed by atoms with Gasteiger partial charge in [0.25, 0.3) is 5.69 Å². The average molecular weight is 354 g/mol. The predicted molar refractivity (Wildman–Crippen MR) is 96.6 cm³/mol. The highest BCUT2D eigenvalue weighted by molar-refractivity contribution is 6.33. The van der Waals surface area contributed by atoms with Gasteiger partial charge in [-0.15, -0.1) is 0 Å². The molecular weight excluding hydrogens is 342 g/mol. The lowest BCUT2D eigenvalue weighted by Crippen LogP contribution is -2.01. The topological polar surface area (TPSA) is 85.4 Å². The van der Waals surface area contributed by atoms with Crippen LogP contribution in [0.2, 0.25) is 5.02 Å². The molecule has 2 heterocycles. The van der Waals surface area contributed by atoms with Crippen LogP contribution < -0.4 is 5.32 Å². The smallest absolute Gasteiger partial charge is 0.271 e. The Kier molecular flexibility index (Phi) is 3.51. The molecule has 8 heteroatoms. The molecule has 0 amide bonds. The molecule has 1 N–H and O–H groups in total. The van der Waals surface area contributed by atoms with Crippen molar-refractivity contribution < 1.29 is 4.92 Å². The maximum Gasteiger partial charge on any atom is 0.271 e. The van der Waals surface area contributed by atoms with Crippen molar-refractivity contribution in [2.45, 2.75) is 6.92 Å². The van der Waals surface area contributed by atoms with Gasteiger partial charge < -0.3 is 5.32 Å². The zero-order valence-electron chi connectivity index (χ0n) is 13.1. The van der Waals surface area contributed by atoms with Crippen LogP contribution in [0, 0.1) is 17.0 Å². The Morgan fingerprint density at radius 1 is 1.24 bits per heavy atom. The summed E-state index contributed by atoms with van der Waals surface area (Å²) in [5.41, 5.74) is 3.68. The molecule has 0 saturated carbocycles. The summed E-state index contributed by atoms with van der Waals surface area (Å²) in [6.45, 7) is 1.95. The summed E-state index contributed by atoms with van der Waals surface area (Å²) < 4.78 is 1.77. The van der Waals surface area contributed by atoms with Gasteiger partial charge in [-0.25, -0.2) is 9.97 Å². The standard InChI is InChI=1S/C17H12ClN5O2/c1-10-3-2-4-12(18)16(10)21-17-15-8-19-9-22(15)14-7-11(23(24)25)5-6-13(14)20-17/h2-9H,1H3,(H,20,21). The summed E-state index contributed by atoms with van der Waals surface area (Å²) in [5, 5.41) is 14.9. The SMILES string of the molecule is Cc1cccc(Cl)c1Nc1nc2ccc([N+](=O)[O-])cc2n2cncc12. The van der Waals surface area contributed by atoms with Gasteiger partial charge in [0, 0.05) is 12.1 Å². The average Bonchev–Trinajstić information content (AvgIpc) is 3.08. The van der Waals surface area contributed by atoms with Crippen molar-refractivity contribution in [2.75, 3.05) is 5.32 Å². The van der Waals surface area contributed by atoms with Crippen LogP contribution in [0.1, 0.15) is 5.56 Å². The van der Waals surface area contributed by atoms with E-state index in [0.717, 1.165) is 11.3 Å². The van der Waals surface area contributed by atoms with E-state index in [1.54, 1.807) is 29.1 Å². The lowest BCUT2D eigenvalue weighted by atomic mass is 10.2. The summed E-state index contributed by atoms with van der Waals surface area (Å²) >= 11 is 6.29. The predicted octanol–water partition coefficient (Wildman–Crippen LogP) is 4.50. The molecule has 0 aliphatic carbocycles. The zero-order valence-corrected chi connectivity index (χ0v) is 13.9. The van der Waals surface area contributed by atoms with Crippen molar-refractivity contribution >= 4 is 45.3 Å². The minimum absolute atomic E-state index is 0.00644. The molecule has 0 aliphatic rings. The molecule has 0 unspecified atom stereocenters. The number of aryl methyl sites for hydroxylation is 1. The first kappa shape index (κ1) is 15.3. The van der Waals surface area contributed by atoms with Crippen LogP contribution in [0.15, 0.2) is 48.9 Å². The molecule has 0 saturated heterocycles. The molecule has 0 spiro atoms. The number of hydrogen-bond donors (Lipinski definition) is 1. The Hall–Kier alpha value is -3.19. The molecule has 0 aliphatic heterocycles. The molecule has 124 valence electrons. The molecule has 0 fully saturated rings. The van der Waals surface area contributed by atoms with E-state index in [1.165, 1.54) is 12.1 Å². The highest BCUT2D eigenvalue weighted by Crippen LogP contribution is 2.31. The lowest BCUT2D eigenvalue weighted by Gasteiger charge is -2.13. The second-order valence-electron chi connectivity index (χ2n) is 5.60. The first-order chi connectivity index (χ1) is 12.0. The van der Waals surface area contributed by atoms with Gasteiger partial charge in [0.05, 0.1) is 39.2 Å². The fourth-order valence-electron chi connectivity index (χ4n) is 2.75. The number of halogens is 1. The second kappa shape index (κ2) is 5.71. The quantitative estimate of drug-likeness (QED) is 0.433. The Bertz CT molecular complexity index is 1120. The van der Waals surface area contributed by atoms with Crippen LogP contribution in [-0.4, -0.2) is 19.3 Å². The third-order valence-corrected chi connectivity index (χ3v) is 4.32. The van der Waals surface area contributed by atoms with Gasteiger partial charge in [-0.05, 0) is 24.6 Å². The van der Waals surface area contributed by atoms with Gasteiger partial charge in [-0.3, -0.25) is 14.5 Å². The minimum Gasteiger partial charge on any atom is -0.337 e. The van der Waals surface area contributed by atoms with Crippen LogP contribution in [0.4, 0.5) is 17.2 Å². The van der Waals surface area contributed by atoms with E-state index in [0.29, 0.717) is 27.4 Å². The number of imidazole rings is 1. The van der Waals surface area contributed by atoms with Crippen molar-refractivity contribution in [1.82, 2.24) is 14.4 Å². The molecule has 2 aromatic carbocycles. The van der Waals surface area contributed by atoms with E-state index >= 15 is 0 Å². The van der Waals surface area contributed by atoms with E-state index in [9.17, 15) is 10.1 Å². The number of hydrogen-bond acceptors (Lipinski definition) is 5. The number of fused-ring (bicyclic) bond motifs is 3. The van der Waals surface area contributed by atoms with E-state index in [1.807, 2.05) is 19.1 Å². The summed E-state index contributed by atoms with van der Waals surface area (Å²) in [6.07, 6.45) is 3.26. The lowest BCUT2D eigenvalue weighted by molar-refractivity contribution is -0.384. The zero-order chi connectivity index (χ0) is 17.6. The van der Waals surface area contributed by atoms with Crippen molar-refractivity contribution in [3.05, 3.63) is 69.6 Å². The molecule has 25 heavy (non-hydrogen) atoms. The van der Waals surface area contributed by atoms with E-state index in [4.69, 9.17) is 11.6 Å². The summed E-state index contributed by atoms with van der Waals surface area (Å²) in [5.74, 6) is 0.579. The number of nitrogens with zero attached hydrogens (tertiary/aromatic N) is 4. The maximum absolute atomic E-state index is 11.0. The Labute approximate surface area is 147 Å². The molecule has 2 aromatic heterocycles. The third kappa shape index (κ3) is 2.54. The number of aromatic nitrogens is 3. The molecule has 4 rings (SSSR count). The van der Waals surface area contributed by atoms with Gasteiger partial charge in [0.1, 0.15) is 5.52 Å². The van der Waals surface area contributed by atoms with Gasteiger partial charge >= 0.3 is 0 Å². The van der Waals surface area contributed by atoms with Gasteiger partial charge in [-0.1, -0.05) is 23.7 Å². The number of benzene rings is 2. The van der Waals surface area contributed by atoms with Crippen LogP contribution in [-0.2, 0) is 0 Å². The van der Waals surface area contributed by atoms with E-state index in [2.05, 4.69) is 15.3 Å². The van der Waals surface area contributed by atoms with Crippen molar-refractivity contribution in [1.29, 1.82) is 0 Å². The second-order valence-corrected chi connectivity index (χ2v) is 6.00. The van der Waals surface area contributed by atoms with E-state index in [-0.39, 0.29) is 5.69 Å². The van der Waals surface area contributed by atoms with E-state index < -0.39 is 4.92 Å². The Morgan fingerprint density at radius 3 is 2.84 bits per heavy atom. The fraction of sp³-hybridized carbons (Fsp3) is 0.0588. The monoisotopic (exact) mass is 353 g/mol. The number of para-hydroxylation sites is 1. The van der Waals surface area contributed by atoms with Crippen LogP contribution in [0.25, 0.3) is 16.6 Å². The molecule has 0 atom stereocenters. The summed E-state index contributed by atoms with van der Waals surface area (Å²) in [6, 6.07) is 10.2. The summed E-state index contributed by atoms with van der Waals surface area (Å²) in [7, 11) is 0. The first-order valence-electron chi connectivity index (χ1n) is 7.47. The number of nitro groups is 1. The molecule has 0 bridgehead atoms. The summed E-state index contributed by atoms with van der Waals surface area (Å²) in [4.78, 5) is 19.4. The van der Waals surface area contributed by atoms with Crippen molar-refractivity contribution in [2.24, 2.45) is 0 Å². The van der Waals surface area contributed by atoms with Crippen molar-refractivity contribution in [3.63, 3.8) is 0 Å². The number of anilines is 2. The Balaban J connectivity index is 1.94. The number of non-ortho nitro benzene ring substituents is 1. The van der Waals surface area contributed by atoms with Gasteiger partial charge in [0.2, 0.25) is 0 Å². The van der Waals surface area contributed by atoms with Crippen LogP contribution in [0.3, 0.4) is 0 Å². The van der Waals surface area contributed by atoms with Gasteiger partial charge in [0.15, 0.2) is 5.82 Å². The number of nitrogens with one attached hydrogen (secondary N) is 1. The number of rotatable bonds is 3. The third-order valence-electron chi connectivity index (χ3n) is 4.01. The van der Waals surface area contributed by atoms with Crippen LogP contribution >= 0.6 is 11.6 Å².